The van der Waals surface area contributed by atoms with Gasteiger partial charge in [0.25, 0.3) is 23.6 Å². The van der Waals surface area contributed by atoms with Crippen LogP contribution in [0.3, 0.4) is 0 Å². The highest BCUT2D eigenvalue weighted by Crippen LogP contribution is 2.31. The summed E-state index contributed by atoms with van der Waals surface area (Å²) >= 11 is 0. The van der Waals surface area contributed by atoms with Crippen LogP contribution >= 0.6 is 0 Å². The van der Waals surface area contributed by atoms with Gasteiger partial charge in [0.2, 0.25) is 22.5 Å². The zero-order valence-electron chi connectivity index (χ0n) is 103. The van der Waals surface area contributed by atoms with Crippen LogP contribution in [0.1, 0.15) is 141 Å². The number of hydrogen-bond donors (Lipinski definition) is 8. The van der Waals surface area contributed by atoms with Crippen LogP contribution in [-0.4, -0.2) is 107 Å². The van der Waals surface area contributed by atoms with E-state index in [1.807, 2.05) is 88.8 Å². The van der Waals surface area contributed by atoms with Gasteiger partial charge in [-0.05, 0) is 356 Å². The molecule has 0 unspecified atom stereocenters. The first-order chi connectivity index (χ1) is 79.6. The predicted molar refractivity (Wildman–Crippen MR) is 563 cm³/mol. The molecule has 29 heteroatoms. The summed E-state index contributed by atoms with van der Waals surface area (Å²) in [5.41, 5.74) is 15.6. The standard InChI is InChI=1S/3C29H26N6O.C28H25N7O/c3*1-19-9-12-35(18-19)25-14-20(2)13-24(16-25)32-28(36)22-7-6-21(3)27(15-22)34-29-31-11-8-26(33-29)23-5-4-10-30-17-23;1-18-11-23(14-24(12-18)35-16-20(3)31-17-35)32-27(36)21-7-6-19(2)26(13-21)34-28-30-10-8-25(33-28)22-5-4-9-29-15-22/h3*4-18H,1-3H3,(H,32,36)(H,31,33,34);4-17H,1-3H3,(H,32,36)(H,30,33,34)/i4D,5D,8D,10D,11D,17D;2*3D3,8D,11D,12D,18D;8D,10D,16D,17D. The second kappa shape index (κ2) is 44.5. The minimum absolute atomic E-state index is 0.0541. The lowest BCUT2D eigenvalue weighted by Crippen LogP contribution is -2.14. The largest absolute Gasteiger partial charge is 0.324 e. The Labute approximate surface area is 864 Å². The molecule has 144 heavy (non-hydrogen) atoms. The molecule has 0 spiro atoms. The third-order valence-electron chi connectivity index (χ3n) is 21.4. The zero-order chi connectivity index (χ0) is 121. The Kier molecular flexibility index (Phi) is 21.8. The lowest BCUT2D eigenvalue weighted by molar-refractivity contribution is 0.101. The maximum absolute atomic E-state index is 13.4. The van der Waals surface area contributed by atoms with Gasteiger partial charge in [0, 0.05) is 216 Å². The number of nitrogens with zero attached hydrogens (tertiary/aromatic N) is 17. The molecule has 12 aromatic heterocycles. The number of H-pyrrole nitrogens is 4. The van der Waals surface area contributed by atoms with Gasteiger partial charge in [-0.3, -0.25) is 39.1 Å². The van der Waals surface area contributed by atoms with Crippen LogP contribution in [0.25, 0.3) is 67.8 Å². The molecule has 0 aliphatic rings. The summed E-state index contributed by atoms with van der Waals surface area (Å²) in [6.45, 7) is 13.2. The molecular weight excluding hydrogens is 1800 g/mol. The van der Waals surface area contributed by atoms with Gasteiger partial charge < -0.3 is 59.5 Å². The van der Waals surface area contributed by atoms with Crippen molar-refractivity contribution < 1.29 is 52.1 Å². The number of carbonyl (C=O) groups is 4. The summed E-state index contributed by atoms with van der Waals surface area (Å²) in [4.78, 5) is 118. The van der Waals surface area contributed by atoms with Crippen molar-refractivity contribution in [2.75, 3.05) is 21.3 Å². The number of nitrogens with one attached hydrogen (secondary N) is 8. The fraction of sp³-hybridized carbons (Fsp3) is 0.104. The second-order valence-electron chi connectivity index (χ2n) is 33.0. The summed E-state index contributed by atoms with van der Waals surface area (Å²) in [6, 6.07) is 53.2. The molecule has 0 bridgehead atoms. The van der Waals surface area contributed by atoms with Crippen LogP contribution in [0, 0.1) is 82.9 Å². The van der Waals surface area contributed by atoms with Crippen LogP contribution in [0.5, 0.6) is 0 Å². The fourth-order valence-corrected chi connectivity index (χ4v) is 14.5. The van der Waals surface area contributed by atoms with E-state index in [4.69, 9.17) is 32.9 Å². The first-order valence-corrected chi connectivity index (χ1v) is 44.5. The molecule has 0 saturated carbocycles. The van der Waals surface area contributed by atoms with Crippen molar-refractivity contribution >= 4 is 69.1 Å². The predicted octanol–water partition coefficient (Wildman–Crippen LogP) is 22.1. The van der Waals surface area contributed by atoms with Crippen LogP contribution in [0.15, 0.2) is 380 Å². The fourth-order valence-electron chi connectivity index (χ4n) is 14.5. The van der Waals surface area contributed by atoms with Crippen molar-refractivity contribution in [3.63, 3.8) is 0 Å². The second-order valence-corrected chi connectivity index (χ2v) is 33.0. The Morgan fingerprint density at radius 1 is 0.326 bits per heavy atom. The molecule has 29 nitrogen and oxygen atoms in total. The molecule has 8 aromatic carbocycles. The summed E-state index contributed by atoms with van der Waals surface area (Å²) in [5.74, 6) is -1.81. The maximum atomic E-state index is 13.4. The average Bonchev–Trinajstić information content (AvgIpc) is 1.03. The number of aryl methyl sites for hydroxylation is 12. The molecule has 20 aromatic rings. The zero-order valence-corrected chi connectivity index (χ0v) is 78.9. The van der Waals surface area contributed by atoms with Gasteiger partial charge in [0.05, 0.1) is 80.8 Å². The minimum atomic E-state index is -2.57. The van der Waals surface area contributed by atoms with Crippen LogP contribution in [-0.2, 0) is 0 Å². The molecule has 712 valence electrons. The number of hydrogen-bond acceptors (Lipinski definition) is 17. The number of rotatable bonds is 20. The number of carbonyl (C=O) groups excluding carboxylic acids is 4. The molecule has 8 N–H and O–H groups in total. The van der Waals surface area contributed by atoms with Gasteiger partial charge in [-0.2, -0.15) is 0 Å². The van der Waals surface area contributed by atoms with Crippen molar-refractivity contribution in [2.24, 2.45) is 20.0 Å². The third kappa shape index (κ3) is 25.2. The Morgan fingerprint density at radius 2 is 0.674 bits per heavy atom. The van der Waals surface area contributed by atoms with Gasteiger partial charge >= 0.3 is 0 Å². The van der Waals surface area contributed by atoms with E-state index >= 15 is 0 Å². The molecule has 0 radical (unpaired) electrons. The van der Waals surface area contributed by atoms with E-state index in [0.29, 0.717) is 107 Å². The quantitative estimate of drug-likeness (QED) is 0.0352. The molecule has 0 saturated heterocycles. The Hall–Kier alpha value is -19.2. The molecule has 0 aliphatic carbocycles. The molecule has 0 fully saturated rings. The van der Waals surface area contributed by atoms with Crippen LogP contribution < -0.4 is 43.7 Å². The van der Waals surface area contributed by atoms with Gasteiger partial charge in [0.15, 0.2) is 0 Å². The van der Waals surface area contributed by atoms with Gasteiger partial charge in [0.1, 0.15) is 1.37 Å². The smallest absolute Gasteiger partial charge is 0.255 e. The van der Waals surface area contributed by atoms with E-state index in [1.54, 1.807) is 186 Å². The molecule has 4 amide bonds. The van der Waals surface area contributed by atoms with E-state index in [9.17, 15) is 19.2 Å². The monoisotopic (exact) mass is 1920 g/mol. The maximum Gasteiger partial charge on any atom is 0.255 e. The summed E-state index contributed by atoms with van der Waals surface area (Å²) in [5, 5.41) is 11.5. The van der Waals surface area contributed by atoms with E-state index < -0.39 is 62.2 Å². The topological polar surface area (TPSA) is 365 Å². The number of aromatic nitrogens is 17. The Balaban J connectivity index is 0.000000149. The summed E-state index contributed by atoms with van der Waals surface area (Å²) < 4.78 is 201. The highest BCUT2D eigenvalue weighted by atomic mass is 16.2. The number of amides is 4. The highest BCUT2D eigenvalue weighted by Gasteiger charge is 2.18. The van der Waals surface area contributed by atoms with Crippen molar-refractivity contribution in [1.82, 2.24) is 83.1 Å². The van der Waals surface area contributed by atoms with Crippen molar-refractivity contribution in [1.29, 1.82) is 0 Å². The summed E-state index contributed by atoms with van der Waals surface area (Å²) in [7, 11) is 0. The van der Waals surface area contributed by atoms with Gasteiger partial charge in [-0.25, -0.2) is 44.9 Å². The van der Waals surface area contributed by atoms with E-state index in [0.717, 1.165) is 39.1 Å². The van der Waals surface area contributed by atoms with Crippen LogP contribution in [0.4, 0.5) is 45.5 Å². The lowest BCUT2D eigenvalue weighted by atomic mass is 10.1. The normalized spacial score (nSPS) is 14.0. The third-order valence-corrected chi connectivity index (χ3v) is 21.4. The molecular formula is C115H103N25O4. The van der Waals surface area contributed by atoms with Crippen molar-refractivity contribution in [2.45, 2.75) is 82.9 Å². The number of imidazole rings is 1. The SMILES string of the molecule is [2H]c1nc(=Nc2cc(C(=O)Nc3cc(C)cc(-n4c([2H])cc(C)c4[2H])c3)ccc2C([2H])([2H])[2H])[nH]c(-c2cccnc2)c1[2H].[2H]c1nc(=Nc2cc(C(=O)Nc3cc(C)cc(-n4c([2H])cc(C)c4[2H])c3)ccc2C([2H])([2H])[2H])[nH]c(-c2cccnc2)c1[2H].[2H]c1nc(=Nc2cc(C(=O)Nc3cc(C)cc(-n4c([2H])nc(C)c4[2H])c3)ccc2C)[nH]c(-c2cccnc2)c1[2H].[2H]c1nc(=Nc2cc(C(=O)Nc3cc(C)cc(-n4ccc(C)c4)c3)ccc2C)[nH]c(-c2c([2H])nc([2H])c([2H])c2[2H])c1[2H]. The lowest BCUT2D eigenvalue weighted by Gasteiger charge is -2.11. The summed E-state index contributed by atoms with van der Waals surface area (Å²) in [6.07, 6.45) is 11.5. The van der Waals surface area contributed by atoms with Crippen molar-refractivity contribution in [3.8, 4) is 67.8 Å². The number of benzene rings is 8. The molecule has 20 rings (SSSR count). The minimum Gasteiger partial charge on any atom is -0.324 e. The molecule has 12 heterocycles. The van der Waals surface area contributed by atoms with Gasteiger partial charge in [-0.15, -0.1) is 0 Å². The van der Waals surface area contributed by atoms with Crippen molar-refractivity contribution in [3.05, 3.63) is 472 Å². The van der Waals surface area contributed by atoms with E-state index in [-0.39, 0.29) is 164 Å². The Morgan fingerprint density at radius 3 is 0.993 bits per heavy atom. The molecule has 0 atom stereocenters. The van der Waals surface area contributed by atoms with Gasteiger partial charge in [-0.1, -0.05) is 24.3 Å². The number of anilines is 4. The van der Waals surface area contributed by atoms with E-state index in [2.05, 4.69) is 106 Å². The van der Waals surface area contributed by atoms with E-state index in [1.165, 1.54) is 62.5 Å². The number of pyridine rings is 4. The first-order valence-electron chi connectivity index (χ1n) is 56.5. The Bertz CT molecular complexity index is 9580. The molecule has 0 aliphatic heterocycles. The highest BCUT2D eigenvalue weighted by molar-refractivity contribution is 6.07. The first kappa shape index (κ1) is 70.4. The average molecular weight is 1920 g/mol. The number of aromatic amines is 4. The van der Waals surface area contributed by atoms with Crippen LogP contribution in [0.2, 0.25) is 0 Å².